The third kappa shape index (κ3) is 3.80. The zero-order valence-electron chi connectivity index (χ0n) is 16.9. The topological polar surface area (TPSA) is 46.9 Å². The van der Waals surface area contributed by atoms with E-state index in [1.807, 2.05) is 0 Å². The average molecular weight is 388 g/mol. The molecule has 6 heteroatoms. The summed E-state index contributed by atoms with van der Waals surface area (Å²) < 4.78 is 13.6. The van der Waals surface area contributed by atoms with E-state index < -0.39 is 0 Å². The normalized spacial score (nSPS) is 30.0. The Morgan fingerprint density at radius 2 is 1.75 bits per heavy atom. The average Bonchev–Trinajstić information content (AvgIpc) is 3.01. The standard InChI is InChI=1S/C22H33N3O3/c26-22-18(13-23-6-2-1-3-7-23)4-5-21-19-10-17(12-25(21)22)11-24(14-19)20-15-27-8-9-28-16-20/h4-5,17,19-20H,1-3,6-16H2/t17-,19+/m0/s1. The number of pyridine rings is 1. The van der Waals surface area contributed by atoms with Crippen LogP contribution in [0.2, 0.25) is 0 Å². The van der Waals surface area contributed by atoms with Crippen molar-refractivity contribution in [2.45, 2.75) is 50.7 Å². The number of ether oxygens (including phenoxy) is 2. The van der Waals surface area contributed by atoms with Crippen molar-refractivity contribution in [3.05, 3.63) is 33.7 Å². The molecule has 0 amide bonds. The number of piperidine rings is 2. The van der Waals surface area contributed by atoms with E-state index in [4.69, 9.17) is 9.47 Å². The summed E-state index contributed by atoms with van der Waals surface area (Å²) in [6, 6.07) is 4.70. The van der Waals surface area contributed by atoms with E-state index in [-0.39, 0.29) is 5.56 Å². The Balaban J connectivity index is 1.34. The van der Waals surface area contributed by atoms with Gasteiger partial charge in [0.1, 0.15) is 0 Å². The van der Waals surface area contributed by atoms with E-state index in [2.05, 4.69) is 26.5 Å². The zero-order valence-corrected chi connectivity index (χ0v) is 16.9. The molecule has 0 radical (unpaired) electrons. The summed E-state index contributed by atoms with van der Waals surface area (Å²) in [4.78, 5) is 18.2. The summed E-state index contributed by atoms with van der Waals surface area (Å²) in [5.74, 6) is 1.00. The molecule has 0 unspecified atom stereocenters. The highest BCUT2D eigenvalue weighted by molar-refractivity contribution is 5.22. The smallest absolute Gasteiger partial charge is 0.255 e. The van der Waals surface area contributed by atoms with Crippen LogP contribution in [-0.4, -0.2) is 73.0 Å². The van der Waals surface area contributed by atoms with Crippen molar-refractivity contribution in [2.24, 2.45) is 5.92 Å². The summed E-state index contributed by atoms with van der Waals surface area (Å²) in [7, 11) is 0. The van der Waals surface area contributed by atoms with Crippen LogP contribution in [0.4, 0.5) is 0 Å². The minimum absolute atomic E-state index is 0.257. The van der Waals surface area contributed by atoms with E-state index in [1.165, 1.54) is 31.4 Å². The van der Waals surface area contributed by atoms with E-state index in [1.54, 1.807) is 0 Å². The second-order valence-electron chi connectivity index (χ2n) is 9.09. The van der Waals surface area contributed by atoms with Gasteiger partial charge < -0.3 is 14.0 Å². The zero-order chi connectivity index (χ0) is 18.9. The van der Waals surface area contributed by atoms with Crippen molar-refractivity contribution in [3.63, 3.8) is 0 Å². The van der Waals surface area contributed by atoms with E-state index >= 15 is 0 Å². The minimum Gasteiger partial charge on any atom is -0.377 e. The second kappa shape index (κ2) is 8.27. The Labute approximate surface area is 167 Å². The molecule has 3 fully saturated rings. The summed E-state index contributed by atoms with van der Waals surface area (Å²) in [5, 5.41) is 0. The van der Waals surface area contributed by atoms with Crippen molar-refractivity contribution >= 4 is 0 Å². The highest BCUT2D eigenvalue weighted by Crippen LogP contribution is 2.36. The first-order chi connectivity index (χ1) is 13.8. The van der Waals surface area contributed by atoms with Crippen LogP contribution in [0.5, 0.6) is 0 Å². The molecule has 28 heavy (non-hydrogen) atoms. The molecule has 0 aromatic carbocycles. The predicted molar refractivity (Wildman–Crippen MR) is 108 cm³/mol. The Morgan fingerprint density at radius 3 is 2.54 bits per heavy atom. The molecule has 2 atom stereocenters. The first-order valence-electron chi connectivity index (χ1n) is 11.1. The third-order valence-electron chi connectivity index (χ3n) is 7.06. The molecule has 1 aromatic heterocycles. The van der Waals surface area contributed by atoms with Crippen LogP contribution in [0.25, 0.3) is 0 Å². The number of hydrogen-bond acceptors (Lipinski definition) is 5. The first-order valence-corrected chi connectivity index (χ1v) is 11.1. The van der Waals surface area contributed by atoms with E-state index in [9.17, 15) is 4.79 Å². The molecule has 5 rings (SSSR count). The van der Waals surface area contributed by atoms with Gasteiger partial charge in [-0.3, -0.25) is 14.6 Å². The second-order valence-corrected chi connectivity index (χ2v) is 9.09. The lowest BCUT2D eigenvalue weighted by atomic mass is 9.82. The van der Waals surface area contributed by atoms with Crippen LogP contribution in [0, 0.1) is 5.92 Å². The lowest BCUT2D eigenvalue weighted by molar-refractivity contribution is 0.0233. The highest BCUT2D eigenvalue weighted by atomic mass is 16.5. The van der Waals surface area contributed by atoms with Gasteiger partial charge >= 0.3 is 0 Å². The summed E-state index contributed by atoms with van der Waals surface area (Å²) in [6.45, 7) is 8.95. The molecule has 0 N–H and O–H groups in total. The van der Waals surface area contributed by atoms with Gasteiger partial charge in [0.25, 0.3) is 5.56 Å². The van der Waals surface area contributed by atoms with Gasteiger partial charge in [0.2, 0.25) is 0 Å². The van der Waals surface area contributed by atoms with Gasteiger partial charge in [-0.25, -0.2) is 0 Å². The molecule has 0 aliphatic carbocycles. The molecule has 154 valence electrons. The maximum atomic E-state index is 13.2. The highest BCUT2D eigenvalue weighted by Gasteiger charge is 2.37. The van der Waals surface area contributed by atoms with E-state index in [0.29, 0.717) is 31.1 Å². The third-order valence-corrected chi connectivity index (χ3v) is 7.06. The Bertz CT molecular complexity index is 735. The monoisotopic (exact) mass is 387 g/mol. The number of likely N-dealkylation sites (tertiary alicyclic amines) is 2. The van der Waals surface area contributed by atoms with Crippen LogP contribution < -0.4 is 5.56 Å². The Morgan fingerprint density at radius 1 is 0.964 bits per heavy atom. The number of hydrogen-bond donors (Lipinski definition) is 0. The summed E-state index contributed by atoms with van der Waals surface area (Å²) >= 11 is 0. The number of rotatable bonds is 3. The largest absolute Gasteiger partial charge is 0.377 e. The molecule has 2 bridgehead atoms. The van der Waals surface area contributed by atoms with Gasteiger partial charge in [-0.15, -0.1) is 0 Å². The van der Waals surface area contributed by atoms with Gasteiger partial charge in [-0.2, -0.15) is 0 Å². The predicted octanol–water partition coefficient (Wildman–Crippen LogP) is 1.67. The molecule has 4 aliphatic heterocycles. The molecule has 5 heterocycles. The van der Waals surface area contributed by atoms with Gasteiger partial charge in [-0.05, 0) is 44.3 Å². The molecule has 4 aliphatic rings. The molecular formula is C22H33N3O3. The summed E-state index contributed by atoms with van der Waals surface area (Å²) in [6.07, 6.45) is 5.06. The Kier molecular flexibility index (Phi) is 5.55. The fourth-order valence-electron chi connectivity index (χ4n) is 5.62. The fourth-order valence-corrected chi connectivity index (χ4v) is 5.62. The molecular weight excluding hydrogens is 354 g/mol. The van der Waals surface area contributed by atoms with Crippen LogP contribution in [0.3, 0.4) is 0 Å². The van der Waals surface area contributed by atoms with Gasteiger partial charge in [-0.1, -0.05) is 12.5 Å². The SMILES string of the molecule is O=c1c(CN2CCCCC2)ccc2n1C[C@H]1C[C@@H]2CN(C2COCCOC2)C1. The molecule has 0 spiro atoms. The van der Waals surface area contributed by atoms with Gasteiger partial charge in [0.05, 0.1) is 32.5 Å². The van der Waals surface area contributed by atoms with Crippen LogP contribution in [0.15, 0.2) is 16.9 Å². The molecule has 0 saturated carbocycles. The first kappa shape index (κ1) is 18.8. The lowest BCUT2D eigenvalue weighted by Gasteiger charge is -2.45. The van der Waals surface area contributed by atoms with Crippen molar-refractivity contribution in [3.8, 4) is 0 Å². The van der Waals surface area contributed by atoms with Crippen molar-refractivity contribution < 1.29 is 9.47 Å². The maximum Gasteiger partial charge on any atom is 0.255 e. The van der Waals surface area contributed by atoms with Gasteiger partial charge in [0.15, 0.2) is 0 Å². The van der Waals surface area contributed by atoms with E-state index in [0.717, 1.165) is 58.0 Å². The number of fused-ring (bicyclic) bond motifs is 4. The quantitative estimate of drug-likeness (QED) is 0.790. The Hall–Kier alpha value is -1.21. The minimum atomic E-state index is 0.257. The van der Waals surface area contributed by atoms with Crippen LogP contribution in [0.1, 0.15) is 42.9 Å². The summed E-state index contributed by atoms with van der Waals surface area (Å²) in [5.41, 5.74) is 2.48. The van der Waals surface area contributed by atoms with Crippen molar-refractivity contribution in [1.82, 2.24) is 14.4 Å². The van der Waals surface area contributed by atoms with Crippen molar-refractivity contribution in [2.75, 3.05) is 52.6 Å². The maximum absolute atomic E-state index is 13.2. The molecule has 1 aromatic rings. The number of aromatic nitrogens is 1. The fraction of sp³-hybridized carbons (Fsp3) is 0.773. The van der Waals surface area contributed by atoms with Crippen molar-refractivity contribution in [1.29, 1.82) is 0 Å². The molecule has 6 nitrogen and oxygen atoms in total. The molecule has 3 saturated heterocycles. The lowest BCUT2D eigenvalue weighted by Crippen LogP contribution is -2.53. The van der Waals surface area contributed by atoms with Crippen LogP contribution >= 0.6 is 0 Å². The van der Waals surface area contributed by atoms with Crippen LogP contribution in [-0.2, 0) is 22.6 Å². The van der Waals surface area contributed by atoms with Gasteiger partial charge in [0, 0.05) is 43.4 Å². The number of nitrogens with zero attached hydrogens (tertiary/aromatic N) is 3.